The van der Waals surface area contributed by atoms with Gasteiger partial charge in [0.1, 0.15) is 17.7 Å². The molecule has 7 heteroatoms. The summed E-state index contributed by atoms with van der Waals surface area (Å²) in [6.45, 7) is 1.78. The fourth-order valence-corrected chi connectivity index (χ4v) is 5.31. The van der Waals surface area contributed by atoms with Gasteiger partial charge in [0, 0.05) is 12.6 Å². The topological polar surface area (TPSA) is 82.5 Å². The first-order chi connectivity index (χ1) is 20.5. The number of hydrogen-bond donors (Lipinski definition) is 1. The molecule has 0 radical (unpaired) electrons. The second-order valence-electron chi connectivity index (χ2n) is 9.96. The third-order valence-corrected chi connectivity index (χ3v) is 7.34. The number of nitrogens with one attached hydrogen (secondary N) is 1. The second-order valence-corrected chi connectivity index (χ2v) is 9.96. The van der Waals surface area contributed by atoms with Crippen LogP contribution in [0.15, 0.2) is 134 Å². The zero-order chi connectivity index (χ0) is 29.4. The fourth-order valence-electron chi connectivity index (χ4n) is 5.31. The fraction of sp³-hybridized carbons (Fsp3) is 0.171. The van der Waals surface area contributed by atoms with E-state index in [0.29, 0.717) is 5.69 Å². The molecule has 0 saturated heterocycles. The van der Waals surface area contributed by atoms with Crippen molar-refractivity contribution >= 4 is 12.1 Å². The second kappa shape index (κ2) is 13.0. The molecule has 1 N–H and O–H groups in total. The molecule has 0 saturated carbocycles. The molecule has 0 spiro atoms. The van der Waals surface area contributed by atoms with E-state index < -0.39 is 29.7 Å². The molecule has 1 heterocycles. The number of methoxy groups -OCH3 is 1. The summed E-state index contributed by atoms with van der Waals surface area (Å²) in [5.74, 6) is -0.589. The van der Waals surface area contributed by atoms with E-state index in [0.717, 1.165) is 22.3 Å². The van der Waals surface area contributed by atoms with E-state index in [2.05, 4.69) is 46.3 Å². The molecule has 0 aliphatic carbocycles. The zero-order valence-corrected chi connectivity index (χ0v) is 23.6. The van der Waals surface area contributed by atoms with E-state index in [1.807, 2.05) is 91.1 Å². The molecule has 4 aromatic carbocycles. The Labute approximate surface area is 245 Å². The number of hydrogen-bond acceptors (Lipinski definition) is 5. The van der Waals surface area contributed by atoms with Crippen molar-refractivity contribution in [3.8, 4) is 0 Å². The van der Waals surface area contributed by atoms with E-state index in [1.165, 1.54) is 7.11 Å². The minimum Gasteiger partial charge on any atom is -0.467 e. The van der Waals surface area contributed by atoms with Gasteiger partial charge < -0.3 is 19.4 Å². The normalized spacial score (nSPS) is 12.6. The van der Waals surface area contributed by atoms with E-state index >= 15 is 0 Å². The van der Waals surface area contributed by atoms with Gasteiger partial charge in [-0.15, -0.1) is 0 Å². The predicted octanol–water partition coefficient (Wildman–Crippen LogP) is 6.29. The van der Waals surface area contributed by atoms with Crippen LogP contribution in [0.4, 0.5) is 4.79 Å². The van der Waals surface area contributed by atoms with Gasteiger partial charge in [-0.2, -0.15) is 0 Å². The molecule has 1 aromatic heterocycles. The van der Waals surface area contributed by atoms with Gasteiger partial charge in [0.15, 0.2) is 0 Å². The number of amides is 1. The van der Waals surface area contributed by atoms with Gasteiger partial charge in [0.05, 0.1) is 19.1 Å². The Morgan fingerprint density at radius 3 is 1.74 bits per heavy atom. The highest BCUT2D eigenvalue weighted by atomic mass is 16.6. The van der Waals surface area contributed by atoms with Gasteiger partial charge in [-0.25, -0.2) is 14.6 Å². The summed E-state index contributed by atoms with van der Waals surface area (Å²) in [5, 5.41) is 2.67. The molecule has 0 aliphatic rings. The van der Waals surface area contributed by atoms with Crippen LogP contribution >= 0.6 is 0 Å². The number of imidazole rings is 1. The number of benzene rings is 4. The highest BCUT2D eigenvalue weighted by Gasteiger charge is 2.38. The first-order valence-electron chi connectivity index (χ1n) is 13.8. The number of nitrogens with zero attached hydrogens (tertiary/aromatic N) is 2. The minimum atomic E-state index is -0.992. The monoisotopic (exact) mass is 559 g/mol. The lowest BCUT2D eigenvalue weighted by molar-refractivity contribution is -0.143. The smallest absolute Gasteiger partial charge is 0.408 e. The van der Waals surface area contributed by atoms with Crippen LogP contribution in [0.3, 0.4) is 0 Å². The van der Waals surface area contributed by atoms with Crippen LogP contribution in [0.25, 0.3) is 0 Å². The van der Waals surface area contributed by atoms with Gasteiger partial charge in [-0.05, 0) is 29.2 Å². The summed E-state index contributed by atoms with van der Waals surface area (Å²) >= 11 is 0. The molecule has 5 rings (SSSR count). The van der Waals surface area contributed by atoms with Gasteiger partial charge in [0.2, 0.25) is 0 Å². The molecule has 42 heavy (non-hydrogen) atoms. The van der Waals surface area contributed by atoms with E-state index in [9.17, 15) is 9.59 Å². The maximum Gasteiger partial charge on any atom is 0.408 e. The molecule has 7 nitrogen and oxygen atoms in total. The maximum absolute atomic E-state index is 12.8. The molecule has 2 unspecified atom stereocenters. The number of esters is 1. The Kier molecular flexibility index (Phi) is 8.78. The van der Waals surface area contributed by atoms with E-state index in [1.54, 1.807) is 13.3 Å². The van der Waals surface area contributed by atoms with Gasteiger partial charge in [-0.3, -0.25) is 0 Å². The Balaban J connectivity index is 1.48. The van der Waals surface area contributed by atoms with E-state index in [4.69, 9.17) is 14.5 Å². The Morgan fingerprint density at radius 1 is 0.786 bits per heavy atom. The number of alkyl carbamates (subject to hydrolysis) is 1. The lowest BCUT2D eigenvalue weighted by atomic mass is 9.77. The van der Waals surface area contributed by atoms with Crippen molar-refractivity contribution in [1.29, 1.82) is 0 Å². The van der Waals surface area contributed by atoms with Crippen LogP contribution in [0.2, 0.25) is 0 Å². The number of rotatable bonds is 10. The summed E-state index contributed by atoms with van der Waals surface area (Å²) in [7, 11) is 1.29. The van der Waals surface area contributed by atoms with Crippen molar-refractivity contribution in [3.63, 3.8) is 0 Å². The van der Waals surface area contributed by atoms with Crippen LogP contribution in [0, 0.1) is 0 Å². The molecule has 212 valence electrons. The number of aromatic nitrogens is 2. The maximum atomic E-state index is 12.8. The van der Waals surface area contributed by atoms with Crippen molar-refractivity contribution in [2.45, 2.75) is 31.0 Å². The first-order valence-corrected chi connectivity index (χ1v) is 13.8. The van der Waals surface area contributed by atoms with Gasteiger partial charge in [-0.1, -0.05) is 121 Å². The molecule has 0 aliphatic heterocycles. The number of carbonyl (C=O) groups is 2. The van der Waals surface area contributed by atoms with Gasteiger partial charge in [0.25, 0.3) is 0 Å². The van der Waals surface area contributed by atoms with Crippen molar-refractivity contribution in [2.75, 3.05) is 7.11 Å². The van der Waals surface area contributed by atoms with Crippen LogP contribution in [-0.2, 0) is 26.2 Å². The SMILES string of the molecule is COC(=O)C(Cc1cn(C(c2ccccc2)(c2ccccc2)c2ccccc2)cn1)NC(=O)OC(C)c1ccccc1. The molecule has 0 fully saturated rings. The van der Waals surface area contributed by atoms with Crippen molar-refractivity contribution in [1.82, 2.24) is 14.9 Å². The summed E-state index contributed by atoms with van der Waals surface area (Å²) in [6.07, 6.45) is 2.60. The van der Waals surface area contributed by atoms with Crippen LogP contribution in [0.5, 0.6) is 0 Å². The third-order valence-electron chi connectivity index (χ3n) is 7.34. The molecule has 1 amide bonds. The zero-order valence-electron chi connectivity index (χ0n) is 23.6. The third kappa shape index (κ3) is 5.95. The van der Waals surface area contributed by atoms with Gasteiger partial charge >= 0.3 is 12.1 Å². The average molecular weight is 560 g/mol. The Bertz CT molecular complexity index is 1490. The number of ether oxygens (including phenoxy) is 2. The quantitative estimate of drug-likeness (QED) is 0.161. The molecular weight excluding hydrogens is 526 g/mol. The van der Waals surface area contributed by atoms with Crippen molar-refractivity contribution in [2.24, 2.45) is 0 Å². The van der Waals surface area contributed by atoms with Crippen LogP contribution in [-0.4, -0.2) is 34.8 Å². The summed E-state index contributed by atoms with van der Waals surface area (Å²) in [4.78, 5) is 30.2. The lowest BCUT2D eigenvalue weighted by Gasteiger charge is -2.37. The standard InChI is InChI=1S/C35H33N3O4/c1-26(27-15-7-3-8-16-27)42-34(40)37-32(33(39)41-2)23-31-24-38(25-36-31)35(28-17-9-4-10-18-28,29-19-11-5-12-20-29)30-21-13-6-14-22-30/h3-22,24-26,32H,23H2,1-2H3,(H,37,40). The molecular formula is C35H33N3O4. The molecule has 5 aromatic rings. The minimum absolute atomic E-state index is 0.114. The van der Waals surface area contributed by atoms with Crippen LogP contribution in [0.1, 0.15) is 41.0 Å². The van der Waals surface area contributed by atoms with Crippen molar-refractivity contribution < 1.29 is 19.1 Å². The highest BCUT2D eigenvalue weighted by Crippen LogP contribution is 2.40. The average Bonchev–Trinajstić information content (AvgIpc) is 3.51. The number of carbonyl (C=O) groups excluding carboxylic acids is 2. The Hall–Kier alpha value is -5.17. The molecule has 2 atom stereocenters. The van der Waals surface area contributed by atoms with E-state index in [-0.39, 0.29) is 6.42 Å². The van der Waals surface area contributed by atoms with Crippen molar-refractivity contribution in [3.05, 3.63) is 162 Å². The summed E-state index contributed by atoms with van der Waals surface area (Å²) < 4.78 is 12.6. The Morgan fingerprint density at radius 2 is 1.26 bits per heavy atom. The summed E-state index contributed by atoms with van der Waals surface area (Å²) in [6, 6.07) is 39.1. The lowest BCUT2D eigenvalue weighted by Crippen LogP contribution is -2.43. The van der Waals surface area contributed by atoms with Crippen LogP contribution < -0.4 is 5.32 Å². The summed E-state index contributed by atoms with van der Waals surface area (Å²) in [5.41, 5.74) is 3.86. The predicted molar refractivity (Wildman–Crippen MR) is 161 cm³/mol. The first kappa shape index (κ1) is 28.4. The highest BCUT2D eigenvalue weighted by molar-refractivity contribution is 5.81. The molecule has 0 bridgehead atoms. The largest absolute Gasteiger partial charge is 0.467 e.